The van der Waals surface area contributed by atoms with Crippen LogP contribution in [0.4, 0.5) is 13.2 Å². The van der Waals surface area contributed by atoms with Crippen LogP contribution in [0.1, 0.15) is 11.1 Å². The van der Waals surface area contributed by atoms with Crippen molar-refractivity contribution in [3.63, 3.8) is 0 Å². The van der Waals surface area contributed by atoms with E-state index in [0.717, 1.165) is 23.3 Å². The Bertz CT molecular complexity index is 649. The highest BCUT2D eigenvalue weighted by molar-refractivity contribution is 5.73. The fraction of sp³-hybridized carbons (Fsp3) is 0.188. The summed E-state index contributed by atoms with van der Waals surface area (Å²) in [4.78, 5) is 10.7. The molecule has 0 fully saturated rings. The molecule has 0 heterocycles. The second kappa shape index (κ2) is 6.19. The van der Waals surface area contributed by atoms with Gasteiger partial charge in [0.1, 0.15) is 6.04 Å². The van der Waals surface area contributed by atoms with Crippen LogP contribution in [0, 0.1) is 0 Å². The van der Waals surface area contributed by atoms with Gasteiger partial charge in [0, 0.05) is 0 Å². The number of aliphatic carboxylic acids is 1. The summed E-state index contributed by atoms with van der Waals surface area (Å²) in [5.74, 6) is -1.08. The first-order valence-corrected chi connectivity index (χ1v) is 6.52. The number of nitrogens with two attached hydrogens (primary N) is 1. The lowest BCUT2D eigenvalue weighted by Crippen LogP contribution is -2.32. The molecule has 0 aliphatic rings. The van der Waals surface area contributed by atoms with Crippen molar-refractivity contribution in [3.05, 3.63) is 59.7 Å². The minimum Gasteiger partial charge on any atom is -0.480 e. The molecule has 0 saturated carbocycles. The molecular weight excluding hydrogens is 295 g/mol. The molecule has 0 unspecified atom stereocenters. The molecule has 116 valence electrons. The van der Waals surface area contributed by atoms with Gasteiger partial charge in [0.25, 0.3) is 0 Å². The van der Waals surface area contributed by atoms with Crippen molar-refractivity contribution in [3.8, 4) is 11.1 Å². The van der Waals surface area contributed by atoms with Gasteiger partial charge in [-0.1, -0.05) is 36.4 Å². The molecule has 0 saturated heterocycles. The quantitative estimate of drug-likeness (QED) is 0.910. The summed E-state index contributed by atoms with van der Waals surface area (Å²) in [6.07, 6.45) is -4.15. The summed E-state index contributed by atoms with van der Waals surface area (Å²) in [5.41, 5.74) is 6.92. The van der Waals surface area contributed by atoms with Crippen molar-refractivity contribution in [1.29, 1.82) is 0 Å². The van der Waals surface area contributed by atoms with Gasteiger partial charge < -0.3 is 10.8 Å². The van der Waals surface area contributed by atoms with Crippen LogP contribution in [0.3, 0.4) is 0 Å². The van der Waals surface area contributed by atoms with Crippen LogP contribution in [0.15, 0.2) is 48.5 Å². The summed E-state index contributed by atoms with van der Waals surface area (Å²) in [7, 11) is 0. The van der Waals surface area contributed by atoms with Gasteiger partial charge in [-0.2, -0.15) is 13.2 Å². The minimum absolute atomic E-state index is 0.197. The summed E-state index contributed by atoms with van der Waals surface area (Å²) in [5, 5.41) is 8.75. The van der Waals surface area contributed by atoms with Crippen LogP contribution < -0.4 is 5.73 Å². The molecule has 22 heavy (non-hydrogen) atoms. The largest absolute Gasteiger partial charge is 0.480 e. The van der Waals surface area contributed by atoms with E-state index in [4.69, 9.17) is 10.8 Å². The first-order chi connectivity index (χ1) is 10.3. The third-order valence-corrected chi connectivity index (χ3v) is 3.27. The lowest BCUT2D eigenvalue weighted by atomic mass is 10.00. The average molecular weight is 309 g/mol. The monoisotopic (exact) mass is 309 g/mol. The van der Waals surface area contributed by atoms with Crippen LogP contribution in [-0.4, -0.2) is 17.1 Å². The van der Waals surface area contributed by atoms with E-state index in [9.17, 15) is 18.0 Å². The zero-order chi connectivity index (χ0) is 16.3. The molecule has 0 bridgehead atoms. The van der Waals surface area contributed by atoms with Crippen molar-refractivity contribution < 1.29 is 23.1 Å². The van der Waals surface area contributed by atoms with Crippen molar-refractivity contribution >= 4 is 5.97 Å². The molecule has 2 aromatic carbocycles. The van der Waals surface area contributed by atoms with Gasteiger partial charge in [0.15, 0.2) is 0 Å². The number of hydrogen-bond acceptors (Lipinski definition) is 2. The van der Waals surface area contributed by atoms with E-state index < -0.39 is 23.8 Å². The SMILES string of the molecule is N[C@@H](Cc1ccc(-c2ccc(C(F)(F)F)cc2)cc1)C(=O)O. The van der Waals surface area contributed by atoms with Gasteiger partial charge in [-0.05, 0) is 35.2 Å². The summed E-state index contributed by atoms with van der Waals surface area (Å²) >= 11 is 0. The van der Waals surface area contributed by atoms with E-state index in [2.05, 4.69) is 0 Å². The van der Waals surface area contributed by atoms with E-state index in [0.29, 0.717) is 5.56 Å². The van der Waals surface area contributed by atoms with Gasteiger partial charge in [-0.25, -0.2) is 0 Å². The maximum absolute atomic E-state index is 12.5. The van der Waals surface area contributed by atoms with E-state index in [-0.39, 0.29) is 6.42 Å². The van der Waals surface area contributed by atoms with E-state index in [1.54, 1.807) is 24.3 Å². The van der Waals surface area contributed by atoms with Gasteiger partial charge >= 0.3 is 12.1 Å². The number of halogens is 3. The summed E-state index contributed by atoms with van der Waals surface area (Å²) < 4.78 is 37.5. The molecule has 2 rings (SSSR count). The second-order valence-corrected chi connectivity index (χ2v) is 4.92. The number of carbonyl (C=O) groups is 1. The normalized spacial score (nSPS) is 12.9. The molecule has 3 N–H and O–H groups in total. The summed E-state index contributed by atoms with van der Waals surface area (Å²) in [6.45, 7) is 0. The second-order valence-electron chi connectivity index (χ2n) is 4.92. The molecule has 0 amide bonds. The minimum atomic E-state index is -4.35. The molecule has 0 spiro atoms. The highest BCUT2D eigenvalue weighted by Gasteiger charge is 2.29. The van der Waals surface area contributed by atoms with Crippen molar-refractivity contribution in [1.82, 2.24) is 0 Å². The molecule has 0 aliphatic heterocycles. The third kappa shape index (κ3) is 3.85. The van der Waals surface area contributed by atoms with Crippen LogP contribution in [-0.2, 0) is 17.4 Å². The Labute approximate surface area is 125 Å². The summed E-state index contributed by atoms with van der Waals surface area (Å²) in [6, 6.07) is 10.8. The third-order valence-electron chi connectivity index (χ3n) is 3.27. The van der Waals surface area contributed by atoms with Crippen molar-refractivity contribution in [2.75, 3.05) is 0 Å². The van der Waals surface area contributed by atoms with Gasteiger partial charge in [-0.15, -0.1) is 0 Å². The predicted octanol–water partition coefficient (Wildman–Crippen LogP) is 3.33. The average Bonchev–Trinajstić information content (AvgIpc) is 2.47. The Kier molecular flexibility index (Phi) is 4.51. The standard InChI is InChI=1S/C16H14F3NO2/c17-16(18,19)13-7-5-12(6-8-13)11-3-1-10(2-4-11)9-14(20)15(21)22/h1-8,14H,9,20H2,(H,21,22)/t14-/m0/s1. The van der Waals surface area contributed by atoms with E-state index >= 15 is 0 Å². The molecule has 6 heteroatoms. The molecule has 1 atom stereocenters. The predicted molar refractivity (Wildman–Crippen MR) is 76.2 cm³/mol. The Hall–Kier alpha value is -2.34. The molecular formula is C16H14F3NO2. The maximum atomic E-state index is 12.5. The fourth-order valence-electron chi connectivity index (χ4n) is 2.03. The van der Waals surface area contributed by atoms with Gasteiger partial charge in [-0.3, -0.25) is 4.79 Å². The number of rotatable bonds is 4. The Morgan fingerprint density at radius 1 is 1.00 bits per heavy atom. The van der Waals surface area contributed by atoms with Crippen molar-refractivity contribution in [2.24, 2.45) is 5.73 Å². The first-order valence-electron chi connectivity index (χ1n) is 6.52. The molecule has 2 aromatic rings. The molecule has 3 nitrogen and oxygen atoms in total. The van der Waals surface area contributed by atoms with Crippen LogP contribution >= 0.6 is 0 Å². The lowest BCUT2D eigenvalue weighted by molar-refractivity contribution is -0.139. The first kappa shape index (κ1) is 16.0. The highest BCUT2D eigenvalue weighted by atomic mass is 19.4. The van der Waals surface area contributed by atoms with Crippen LogP contribution in [0.5, 0.6) is 0 Å². The maximum Gasteiger partial charge on any atom is 0.416 e. The van der Waals surface area contributed by atoms with E-state index in [1.165, 1.54) is 12.1 Å². The van der Waals surface area contributed by atoms with Crippen LogP contribution in [0.2, 0.25) is 0 Å². The Morgan fingerprint density at radius 2 is 1.45 bits per heavy atom. The topological polar surface area (TPSA) is 63.3 Å². The van der Waals surface area contributed by atoms with Gasteiger partial charge in [0.05, 0.1) is 5.56 Å². The number of carboxylic acid groups (broad SMARTS) is 1. The molecule has 0 aromatic heterocycles. The number of benzene rings is 2. The Balaban J connectivity index is 2.15. The highest BCUT2D eigenvalue weighted by Crippen LogP contribution is 2.31. The van der Waals surface area contributed by atoms with E-state index in [1.807, 2.05) is 0 Å². The van der Waals surface area contributed by atoms with Gasteiger partial charge in [0.2, 0.25) is 0 Å². The molecule has 0 radical (unpaired) electrons. The zero-order valence-corrected chi connectivity index (χ0v) is 11.5. The number of carboxylic acids is 1. The fourth-order valence-corrected chi connectivity index (χ4v) is 2.03. The smallest absolute Gasteiger partial charge is 0.416 e. The molecule has 0 aliphatic carbocycles. The van der Waals surface area contributed by atoms with Crippen molar-refractivity contribution in [2.45, 2.75) is 18.6 Å². The zero-order valence-electron chi connectivity index (χ0n) is 11.5. The Morgan fingerprint density at radius 3 is 1.86 bits per heavy atom. The number of alkyl halides is 3. The van der Waals surface area contributed by atoms with Crippen LogP contribution in [0.25, 0.3) is 11.1 Å². The number of hydrogen-bond donors (Lipinski definition) is 2. The lowest BCUT2D eigenvalue weighted by Gasteiger charge is -2.09.